The molecule has 1 aromatic rings. The predicted octanol–water partition coefficient (Wildman–Crippen LogP) is -0.111. The molecule has 0 radical (unpaired) electrons. The topological polar surface area (TPSA) is 122 Å². The van der Waals surface area contributed by atoms with Crippen LogP contribution in [0.2, 0.25) is 0 Å². The number of hydrogen-bond acceptors (Lipinski definition) is 5. The third kappa shape index (κ3) is 6.37. The van der Waals surface area contributed by atoms with E-state index in [4.69, 9.17) is 15.9 Å². The summed E-state index contributed by atoms with van der Waals surface area (Å²) in [7, 11) is 1.85. The maximum absolute atomic E-state index is 10.9. The van der Waals surface area contributed by atoms with Crippen LogP contribution in [-0.4, -0.2) is 55.7 Å². The van der Waals surface area contributed by atoms with Crippen LogP contribution in [-0.2, 0) is 23.2 Å². The van der Waals surface area contributed by atoms with E-state index in [1.165, 1.54) is 0 Å². The molecule has 0 saturated carbocycles. The Morgan fingerprint density at radius 1 is 1.43 bits per heavy atom. The molecule has 0 aliphatic heterocycles. The fourth-order valence-electron chi connectivity index (χ4n) is 1.98. The van der Waals surface area contributed by atoms with Crippen LogP contribution < -0.4 is 5.73 Å². The van der Waals surface area contributed by atoms with Crippen molar-refractivity contribution in [3.8, 4) is 0 Å². The van der Waals surface area contributed by atoms with Gasteiger partial charge in [0, 0.05) is 19.4 Å². The lowest BCUT2D eigenvalue weighted by molar-refractivity contribution is -0.139. The minimum Gasteiger partial charge on any atom is -0.480 e. The van der Waals surface area contributed by atoms with E-state index in [0.29, 0.717) is 32.4 Å². The van der Waals surface area contributed by atoms with Gasteiger partial charge in [-0.15, -0.1) is 0 Å². The number of imidazole rings is 1. The van der Waals surface area contributed by atoms with Crippen molar-refractivity contribution >= 4 is 11.9 Å². The van der Waals surface area contributed by atoms with Crippen LogP contribution in [0.3, 0.4) is 0 Å². The van der Waals surface area contributed by atoms with Crippen LogP contribution in [0.4, 0.5) is 0 Å². The maximum Gasteiger partial charge on any atom is 0.320 e. The van der Waals surface area contributed by atoms with Crippen molar-refractivity contribution in [2.24, 2.45) is 12.8 Å². The summed E-state index contributed by atoms with van der Waals surface area (Å²) in [6, 6.07) is -0.854. The number of rotatable bonds is 10. The van der Waals surface area contributed by atoms with Crippen LogP contribution in [0.1, 0.15) is 25.1 Å². The minimum absolute atomic E-state index is 0.0716. The van der Waals surface area contributed by atoms with Gasteiger partial charge in [0.15, 0.2) is 0 Å². The molecule has 8 nitrogen and oxygen atoms in total. The Morgan fingerprint density at radius 2 is 2.14 bits per heavy atom. The average Bonchev–Trinajstić information content (AvgIpc) is 2.79. The van der Waals surface area contributed by atoms with Crippen molar-refractivity contribution in [3.05, 3.63) is 18.2 Å². The maximum atomic E-state index is 10.9. The summed E-state index contributed by atoms with van der Waals surface area (Å²) in [5.74, 6) is -1.12. The third-order valence-electron chi connectivity index (χ3n) is 3.20. The molecular weight excluding hydrogens is 276 g/mol. The Kier molecular flexibility index (Phi) is 6.83. The van der Waals surface area contributed by atoms with Crippen molar-refractivity contribution in [1.82, 2.24) is 14.5 Å². The number of unbranched alkanes of at least 4 members (excludes halogenated alkanes) is 1. The number of nitrogens with two attached hydrogens (primary N) is 1. The first kappa shape index (κ1) is 17.1. The molecule has 118 valence electrons. The molecule has 1 heterocycles. The normalized spacial score (nSPS) is 12.5. The first-order valence-corrected chi connectivity index (χ1v) is 6.79. The van der Waals surface area contributed by atoms with Crippen LogP contribution in [0.15, 0.2) is 12.4 Å². The van der Waals surface area contributed by atoms with Crippen molar-refractivity contribution in [2.75, 3.05) is 13.1 Å². The van der Waals surface area contributed by atoms with Crippen LogP contribution in [0.25, 0.3) is 0 Å². The highest BCUT2D eigenvalue weighted by molar-refractivity contribution is 5.72. The molecule has 1 aromatic heterocycles. The number of carboxylic acids is 2. The Morgan fingerprint density at radius 3 is 2.67 bits per heavy atom. The second-order valence-corrected chi connectivity index (χ2v) is 5.00. The Bertz CT molecular complexity index is 474. The first-order chi connectivity index (χ1) is 9.90. The third-order valence-corrected chi connectivity index (χ3v) is 3.20. The molecule has 4 N–H and O–H groups in total. The van der Waals surface area contributed by atoms with Gasteiger partial charge < -0.3 is 20.5 Å². The van der Waals surface area contributed by atoms with Gasteiger partial charge in [-0.3, -0.25) is 14.5 Å². The number of carbonyl (C=O) groups is 2. The van der Waals surface area contributed by atoms with E-state index in [9.17, 15) is 9.59 Å². The van der Waals surface area contributed by atoms with Crippen LogP contribution in [0, 0.1) is 0 Å². The van der Waals surface area contributed by atoms with Gasteiger partial charge in [0.25, 0.3) is 0 Å². The lowest BCUT2D eigenvalue weighted by Crippen LogP contribution is -2.32. The quantitative estimate of drug-likeness (QED) is 0.515. The molecule has 1 atom stereocenters. The largest absolute Gasteiger partial charge is 0.480 e. The summed E-state index contributed by atoms with van der Waals surface area (Å²) >= 11 is 0. The summed E-state index contributed by atoms with van der Waals surface area (Å²) in [6.07, 6.45) is 5.20. The summed E-state index contributed by atoms with van der Waals surface area (Å²) in [5, 5.41) is 17.6. The molecule has 0 aliphatic carbocycles. The van der Waals surface area contributed by atoms with Crippen LogP contribution in [0.5, 0.6) is 0 Å². The fraction of sp³-hybridized carbons (Fsp3) is 0.615. The van der Waals surface area contributed by atoms with Crippen molar-refractivity contribution in [3.63, 3.8) is 0 Å². The molecule has 0 aliphatic rings. The monoisotopic (exact) mass is 298 g/mol. The molecule has 8 heteroatoms. The Hall–Kier alpha value is -1.93. The molecule has 0 saturated heterocycles. The standard InChI is InChI=1S/C13H22N4O4/c1-16-7-5-15-11(16)8-17(9-12(18)19)6-3-2-4-10(14)13(20)21/h5,7,10H,2-4,6,8-9,14H2,1H3,(H,18,19)(H,20,21)/t10-/m0/s1. The van der Waals surface area contributed by atoms with Gasteiger partial charge in [-0.25, -0.2) is 4.98 Å². The van der Waals surface area contributed by atoms with E-state index in [0.717, 1.165) is 5.82 Å². The average molecular weight is 298 g/mol. The zero-order chi connectivity index (χ0) is 15.8. The molecule has 1 rings (SSSR count). The van der Waals surface area contributed by atoms with E-state index in [2.05, 4.69) is 4.98 Å². The summed E-state index contributed by atoms with van der Waals surface area (Å²) in [4.78, 5) is 27.4. The van der Waals surface area contributed by atoms with Gasteiger partial charge in [-0.2, -0.15) is 0 Å². The van der Waals surface area contributed by atoms with Crippen molar-refractivity contribution < 1.29 is 19.8 Å². The second-order valence-electron chi connectivity index (χ2n) is 5.00. The van der Waals surface area contributed by atoms with E-state index >= 15 is 0 Å². The highest BCUT2D eigenvalue weighted by Crippen LogP contribution is 2.06. The molecule has 0 unspecified atom stereocenters. The molecule has 0 bridgehead atoms. The molecular formula is C13H22N4O4. The number of aromatic nitrogens is 2. The number of hydrogen-bond donors (Lipinski definition) is 3. The Labute approximate surface area is 123 Å². The number of aryl methyl sites for hydroxylation is 1. The van der Waals surface area contributed by atoms with Gasteiger partial charge in [0.2, 0.25) is 0 Å². The second kappa shape index (κ2) is 8.38. The van der Waals surface area contributed by atoms with Gasteiger partial charge in [0.05, 0.1) is 13.1 Å². The minimum atomic E-state index is -1.01. The fourth-order valence-corrected chi connectivity index (χ4v) is 1.98. The molecule has 0 fully saturated rings. The predicted molar refractivity (Wildman–Crippen MR) is 75.6 cm³/mol. The van der Waals surface area contributed by atoms with E-state index < -0.39 is 18.0 Å². The van der Waals surface area contributed by atoms with Crippen molar-refractivity contribution in [2.45, 2.75) is 31.8 Å². The molecule has 21 heavy (non-hydrogen) atoms. The highest BCUT2D eigenvalue weighted by Gasteiger charge is 2.14. The van der Waals surface area contributed by atoms with Gasteiger partial charge in [-0.05, 0) is 19.4 Å². The molecule has 0 aromatic carbocycles. The van der Waals surface area contributed by atoms with Gasteiger partial charge >= 0.3 is 11.9 Å². The lowest BCUT2D eigenvalue weighted by Gasteiger charge is -2.20. The highest BCUT2D eigenvalue weighted by atomic mass is 16.4. The van der Waals surface area contributed by atoms with Gasteiger partial charge in [-0.1, -0.05) is 6.42 Å². The zero-order valence-electron chi connectivity index (χ0n) is 12.1. The van der Waals surface area contributed by atoms with Crippen molar-refractivity contribution in [1.29, 1.82) is 0 Å². The molecule has 0 spiro atoms. The van der Waals surface area contributed by atoms with E-state index in [1.807, 2.05) is 11.6 Å². The van der Waals surface area contributed by atoms with E-state index in [1.54, 1.807) is 17.3 Å². The Balaban J connectivity index is 2.42. The number of nitrogens with zero attached hydrogens (tertiary/aromatic N) is 3. The number of carboxylic acid groups (broad SMARTS) is 2. The summed E-state index contributed by atoms with van der Waals surface area (Å²) in [6.45, 7) is 0.935. The smallest absolute Gasteiger partial charge is 0.320 e. The SMILES string of the molecule is Cn1ccnc1CN(CCCC[C@H](N)C(=O)O)CC(=O)O. The van der Waals surface area contributed by atoms with E-state index in [-0.39, 0.29) is 6.54 Å². The van der Waals surface area contributed by atoms with Crippen LogP contribution >= 0.6 is 0 Å². The van der Waals surface area contributed by atoms with Gasteiger partial charge in [0.1, 0.15) is 11.9 Å². The lowest BCUT2D eigenvalue weighted by atomic mass is 10.1. The molecule has 0 amide bonds. The summed E-state index contributed by atoms with van der Waals surface area (Å²) in [5.41, 5.74) is 5.42. The summed E-state index contributed by atoms with van der Waals surface area (Å²) < 4.78 is 1.84. The zero-order valence-corrected chi connectivity index (χ0v) is 12.1. The number of aliphatic carboxylic acids is 2. The first-order valence-electron chi connectivity index (χ1n) is 6.79.